The average Bonchev–Trinajstić information content (AvgIpc) is 2.80. The number of hydrogen-bond acceptors (Lipinski definition) is 3. The van der Waals surface area contributed by atoms with Gasteiger partial charge < -0.3 is 5.11 Å². The molecule has 6 heteroatoms. The molecule has 0 saturated heterocycles. The number of rotatable bonds is 4. The number of aromatic nitrogens is 2. The molecule has 98 valence electrons. The Kier molecular flexibility index (Phi) is 3.64. The minimum absolute atomic E-state index is 0.388. The first-order valence-corrected chi connectivity index (χ1v) is 6.15. The fourth-order valence-corrected chi connectivity index (χ4v) is 2.45. The van der Waals surface area contributed by atoms with Crippen molar-refractivity contribution in [1.82, 2.24) is 9.55 Å². The fourth-order valence-electron chi connectivity index (χ4n) is 2.45. The summed E-state index contributed by atoms with van der Waals surface area (Å²) in [5.74, 6) is -0.706. The second-order valence-corrected chi connectivity index (χ2v) is 4.74. The van der Waals surface area contributed by atoms with Crippen molar-refractivity contribution in [2.24, 2.45) is 5.92 Å². The van der Waals surface area contributed by atoms with Crippen molar-refractivity contribution in [2.75, 3.05) is 0 Å². The quantitative estimate of drug-likeness (QED) is 0.829. The zero-order chi connectivity index (χ0) is 13.1. The number of aryl methyl sites for hydroxylation is 1. The summed E-state index contributed by atoms with van der Waals surface area (Å²) < 4.78 is 1.28. The lowest BCUT2D eigenvalue weighted by Crippen LogP contribution is -2.33. The zero-order valence-electron chi connectivity index (χ0n) is 10.0. The second-order valence-electron chi connectivity index (χ2n) is 4.74. The molecule has 1 aromatic rings. The minimum Gasteiger partial charge on any atom is -0.477 e. The molecule has 1 fully saturated rings. The maximum absolute atomic E-state index is 11.5. The number of H-pyrrole nitrogens is 1. The van der Waals surface area contributed by atoms with Gasteiger partial charge in [-0.3, -0.25) is 14.3 Å². The first-order valence-electron chi connectivity index (χ1n) is 6.15. The summed E-state index contributed by atoms with van der Waals surface area (Å²) in [7, 11) is 0. The molecule has 0 aliphatic heterocycles. The number of nitrogens with one attached hydrogen (secondary N) is 1. The van der Waals surface area contributed by atoms with Crippen LogP contribution in [-0.2, 0) is 6.54 Å². The van der Waals surface area contributed by atoms with Gasteiger partial charge in [-0.1, -0.05) is 25.7 Å². The fraction of sp³-hybridized carbons (Fsp3) is 0.583. The van der Waals surface area contributed by atoms with Crippen LogP contribution in [-0.4, -0.2) is 20.6 Å². The average molecular weight is 252 g/mol. The van der Waals surface area contributed by atoms with E-state index in [1.54, 1.807) is 0 Å². The Hall–Kier alpha value is -1.85. The number of aromatic amines is 1. The highest BCUT2D eigenvalue weighted by Gasteiger charge is 2.16. The Morgan fingerprint density at radius 3 is 2.67 bits per heavy atom. The normalized spacial score (nSPS) is 16.0. The number of aromatic carboxylic acids is 1. The van der Waals surface area contributed by atoms with E-state index in [1.807, 2.05) is 4.98 Å². The summed E-state index contributed by atoms with van der Waals surface area (Å²) >= 11 is 0. The highest BCUT2D eigenvalue weighted by atomic mass is 16.4. The van der Waals surface area contributed by atoms with E-state index >= 15 is 0 Å². The van der Waals surface area contributed by atoms with Gasteiger partial charge in [0.25, 0.3) is 5.56 Å². The largest absolute Gasteiger partial charge is 0.477 e. The molecule has 0 radical (unpaired) electrons. The van der Waals surface area contributed by atoms with E-state index in [0.29, 0.717) is 12.5 Å². The van der Waals surface area contributed by atoms with Crippen LogP contribution in [0.1, 0.15) is 42.5 Å². The predicted octanol–water partition coefficient (Wildman–Crippen LogP) is 0.815. The van der Waals surface area contributed by atoms with Crippen LogP contribution in [0.2, 0.25) is 0 Å². The Morgan fingerprint density at radius 2 is 2.06 bits per heavy atom. The van der Waals surface area contributed by atoms with Crippen LogP contribution in [0.25, 0.3) is 0 Å². The number of nitrogens with zero attached hydrogens (tertiary/aromatic N) is 1. The van der Waals surface area contributed by atoms with Crippen LogP contribution in [0.15, 0.2) is 15.8 Å². The van der Waals surface area contributed by atoms with Crippen LogP contribution in [0.5, 0.6) is 0 Å². The van der Waals surface area contributed by atoms with Gasteiger partial charge in [-0.15, -0.1) is 0 Å². The maximum Gasteiger partial charge on any atom is 0.342 e. The summed E-state index contributed by atoms with van der Waals surface area (Å²) in [6, 6.07) is 0. The Morgan fingerprint density at radius 1 is 1.39 bits per heavy atom. The van der Waals surface area contributed by atoms with Crippen molar-refractivity contribution in [3.63, 3.8) is 0 Å². The Balaban J connectivity index is 2.16. The second kappa shape index (κ2) is 5.20. The number of carboxylic acids is 1. The molecule has 2 rings (SSSR count). The lowest BCUT2D eigenvalue weighted by atomic mass is 10.0. The van der Waals surface area contributed by atoms with E-state index < -0.39 is 17.2 Å². The van der Waals surface area contributed by atoms with Gasteiger partial charge in [0.05, 0.1) is 0 Å². The molecule has 0 atom stereocenters. The van der Waals surface area contributed by atoms with Crippen LogP contribution < -0.4 is 11.2 Å². The SMILES string of the molecule is O=C(O)c1cn(CCC2CCCC2)c(=O)[nH]c1=O. The zero-order valence-corrected chi connectivity index (χ0v) is 10.0. The van der Waals surface area contributed by atoms with Crippen molar-refractivity contribution in [3.05, 3.63) is 32.6 Å². The van der Waals surface area contributed by atoms with Crippen LogP contribution in [0.3, 0.4) is 0 Å². The van der Waals surface area contributed by atoms with Gasteiger partial charge in [-0.25, -0.2) is 9.59 Å². The van der Waals surface area contributed by atoms with Crippen molar-refractivity contribution < 1.29 is 9.90 Å². The molecule has 6 nitrogen and oxygen atoms in total. The van der Waals surface area contributed by atoms with E-state index in [9.17, 15) is 14.4 Å². The van der Waals surface area contributed by atoms with Gasteiger partial charge in [0.2, 0.25) is 0 Å². The molecule has 1 aliphatic rings. The molecule has 0 spiro atoms. The molecule has 0 bridgehead atoms. The number of hydrogen-bond donors (Lipinski definition) is 2. The third-order valence-electron chi connectivity index (χ3n) is 3.49. The predicted molar refractivity (Wildman–Crippen MR) is 64.9 cm³/mol. The first-order chi connectivity index (χ1) is 8.58. The van der Waals surface area contributed by atoms with Crippen molar-refractivity contribution >= 4 is 5.97 Å². The third kappa shape index (κ3) is 2.69. The molecular weight excluding hydrogens is 236 g/mol. The number of carboxylic acid groups (broad SMARTS) is 1. The van der Waals surface area contributed by atoms with E-state index in [-0.39, 0.29) is 5.56 Å². The molecule has 1 heterocycles. The van der Waals surface area contributed by atoms with Crippen LogP contribution in [0.4, 0.5) is 0 Å². The van der Waals surface area contributed by atoms with Crippen molar-refractivity contribution in [3.8, 4) is 0 Å². The number of carbonyl (C=O) groups is 1. The molecule has 1 aliphatic carbocycles. The minimum atomic E-state index is -1.31. The molecule has 1 aromatic heterocycles. The van der Waals surface area contributed by atoms with E-state index in [1.165, 1.54) is 30.3 Å². The molecule has 2 N–H and O–H groups in total. The molecule has 1 saturated carbocycles. The summed E-state index contributed by atoms with van der Waals surface area (Å²) in [5.41, 5.74) is -1.77. The highest BCUT2D eigenvalue weighted by Crippen LogP contribution is 2.27. The summed E-state index contributed by atoms with van der Waals surface area (Å²) in [4.78, 5) is 35.6. The van der Waals surface area contributed by atoms with Gasteiger partial charge in [0.1, 0.15) is 5.56 Å². The van der Waals surface area contributed by atoms with Crippen molar-refractivity contribution in [2.45, 2.75) is 38.6 Å². The van der Waals surface area contributed by atoms with Gasteiger partial charge >= 0.3 is 11.7 Å². The third-order valence-corrected chi connectivity index (χ3v) is 3.49. The monoisotopic (exact) mass is 252 g/mol. The molecule has 0 amide bonds. The van der Waals surface area contributed by atoms with Crippen LogP contribution >= 0.6 is 0 Å². The van der Waals surface area contributed by atoms with Gasteiger partial charge in [0.15, 0.2) is 0 Å². The maximum atomic E-state index is 11.5. The lowest BCUT2D eigenvalue weighted by molar-refractivity contribution is 0.0693. The van der Waals surface area contributed by atoms with Gasteiger partial charge in [-0.05, 0) is 12.3 Å². The first kappa shape index (κ1) is 12.6. The van der Waals surface area contributed by atoms with E-state index in [4.69, 9.17) is 5.11 Å². The molecular formula is C12H16N2O4. The standard InChI is InChI=1S/C12H16N2O4/c15-10-9(11(16)17)7-14(12(18)13-10)6-5-8-3-1-2-4-8/h7-8H,1-6H2,(H,16,17)(H,13,15,18). The summed E-state index contributed by atoms with van der Waals surface area (Å²) in [6.07, 6.45) is 6.79. The molecule has 0 unspecified atom stereocenters. The highest BCUT2D eigenvalue weighted by molar-refractivity contribution is 5.86. The summed E-state index contributed by atoms with van der Waals surface area (Å²) in [5, 5.41) is 8.83. The Labute approximate surface area is 103 Å². The van der Waals surface area contributed by atoms with Gasteiger partial charge in [-0.2, -0.15) is 0 Å². The van der Waals surface area contributed by atoms with E-state index in [0.717, 1.165) is 12.6 Å². The van der Waals surface area contributed by atoms with Crippen LogP contribution in [0, 0.1) is 5.92 Å². The van der Waals surface area contributed by atoms with Crippen molar-refractivity contribution in [1.29, 1.82) is 0 Å². The molecule has 0 aromatic carbocycles. The van der Waals surface area contributed by atoms with E-state index in [2.05, 4.69) is 0 Å². The molecule has 18 heavy (non-hydrogen) atoms. The topological polar surface area (TPSA) is 92.2 Å². The smallest absolute Gasteiger partial charge is 0.342 e. The Bertz CT molecular complexity index is 552. The summed E-state index contributed by atoms with van der Waals surface area (Å²) in [6.45, 7) is 0.459. The lowest BCUT2D eigenvalue weighted by Gasteiger charge is -2.10. The van der Waals surface area contributed by atoms with Gasteiger partial charge in [0, 0.05) is 12.7 Å².